The number of anilines is 1. The molecule has 0 saturated heterocycles. The number of halogens is 2. The van der Waals surface area contributed by atoms with Crippen molar-refractivity contribution in [2.24, 2.45) is 0 Å². The average molecular weight is 661 g/mol. The van der Waals surface area contributed by atoms with Crippen LogP contribution in [-0.2, 0) is 26.2 Å². The minimum Gasteiger partial charge on any atom is -0.352 e. The second kappa shape index (κ2) is 13.9. The third kappa shape index (κ3) is 8.11. The zero-order chi connectivity index (χ0) is 29.6. The fraction of sp³-hybridized carbons (Fsp3) is 0.355. The summed E-state index contributed by atoms with van der Waals surface area (Å²) in [5.74, 6) is -0.739. The fourth-order valence-electron chi connectivity index (χ4n) is 4.96. The molecule has 0 bridgehead atoms. The van der Waals surface area contributed by atoms with Gasteiger partial charge in [-0.3, -0.25) is 13.9 Å². The van der Waals surface area contributed by atoms with Gasteiger partial charge in [0.1, 0.15) is 12.6 Å². The lowest BCUT2D eigenvalue weighted by molar-refractivity contribution is -0.139. The molecule has 0 spiro atoms. The van der Waals surface area contributed by atoms with Gasteiger partial charge in [-0.25, -0.2) is 8.42 Å². The Morgan fingerprint density at radius 2 is 1.66 bits per heavy atom. The summed E-state index contributed by atoms with van der Waals surface area (Å²) in [6.07, 6.45) is 5.12. The Bertz CT molecular complexity index is 1460. The number of benzene rings is 3. The summed E-state index contributed by atoms with van der Waals surface area (Å²) in [5.41, 5.74) is 2.11. The summed E-state index contributed by atoms with van der Waals surface area (Å²) in [6, 6.07) is 19.5. The van der Waals surface area contributed by atoms with E-state index in [2.05, 4.69) is 21.2 Å². The first kappa shape index (κ1) is 31.1. The molecule has 0 heterocycles. The Kier molecular flexibility index (Phi) is 10.5. The molecule has 1 atom stereocenters. The van der Waals surface area contributed by atoms with Crippen LogP contribution in [-0.4, -0.2) is 43.8 Å². The maximum Gasteiger partial charge on any atom is 0.264 e. The minimum atomic E-state index is -4.14. The van der Waals surface area contributed by atoms with Gasteiger partial charge in [0.25, 0.3) is 10.0 Å². The number of aryl methyl sites for hydroxylation is 1. The molecule has 0 aromatic heterocycles. The maximum atomic E-state index is 14.1. The third-order valence-electron chi connectivity index (χ3n) is 7.36. The summed E-state index contributed by atoms with van der Waals surface area (Å²) >= 11 is 9.49. The predicted molar refractivity (Wildman–Crippen MR) is 166 cm³/mol. The van der Waals surface area contributed by atoms with Gasteiger partial charge in [0.2, 0.25) is 11.8 Å². The Balaban J connectivity index is 1.67. The molecule has 41 heavy (non-hydrogen) atoms. The van der Waals surface area contributed by atoms with Crippen LogP contribution in [0.25, 0.3) is 0 Å². The molecule has 1 fully saturated rings. The lowest BCUT2D eigenvalue weighted by atomic mass is 9.95. The van der Waals surface area contributed by atoms with E-state index in [4.69, 9.17) is 11.6 Å². The van der Waals surface area contributed by atoms with Crippen LogP contribution in [0.4, 0.5) is 5.69 Å². The summed E-state index contributed by atoms with van der Waals surface area (Å²) < 4.78 is 29.7. The van der Waals surface area contributed by atoms with Crippen molar-refractivity contribution in [1.82, 2.24) is 10.2 Å². The van der Waals surface area contributed by atoms with E-state index < -0.39 is 28.5 Å². The molecule has 3 aromatic carbocycles. The Labute approximate surface area is 256 Å². The van der Waals surface area contributed by atoms with Crippen molar-refractivity contribution in [3.63, 3.8) is 0 Å². The molecule has 3 aromatic rings. The van der Waals surface area contributed by atoms with Crippen LogP contribution in [0.15, 0.2) is 82.2 Å². The monoisotopic (exact) mass is 659 g/mol. The highest BCUT2D eigenvalue weighted by molar-refractivity contribution is 9.10. The summed E-state index contributed by atoms with van der Waals surface area (Å²) in [4.78, 5) is 28.9. The van der Waals surface area contributed by atoms with E-state index in [0.717, 1.165) is 52.0 Å². The van der Waals surface area contributed by atoms with Gasteiger partial charge in [0.15, 0.2) is 0 Å². The van der Waals surface area contributed by atoms with Gasteiger partial charge in [0, 0.05) is 22.1 Å². The van der Waals surface area contributed by atoms with Gasteiger partial charge >= 0.3 is 0 Å². The SMILES string of the molecule is Cc1ccc(N(CC(=O)N(Cc2cccc(Br)c2)[C@H](C)C(=O)NC2CCCCC2)S(=O)(=O)c2ccc(Cl)cc2)cc1. The topological polar surface area (TPSA) is 86.8 Å². The molecule has 10 heteroatoms. The highest BCUT2D eigenvalue weighted by atomic mass is 79.9. The zero-order valence-electron chi connectivity index (χ0n) is 23.2. The largest absolute Gasteiger partial charge is 0.352 e. The number of amides is 2. The Morgan fingerprint density at radius 1 is 1.00 bits per heavy atom. The van der Waals surface area contributed by atoms with E-state index in [9.17, 15) is 18.0 Å². The number of sulfonamides is 1. The molecule has 218 valence electrons. The lowest BCUT2D eigenvalue weighted by Gasteiger charge is -2.33. The normalized spacial score (nSPS) is 14.7. The van der Waals surface area contributed by atoms with Crippen molar-refractivity contribution in [2.75, 3.05) is 10.8 Å². The molecule has 4 rings (SSSR count). The van der Waals surface area contributed by atoms with Crippen LogP contribution in [0.1, 0.15) is 50.2 Å². The Morgan fingerprint density at radius 3 is 2.29 bits per heavy atom. The molecule has 0 radical (unpaired) electrons. The van der Waals surface area contributed by atoms with E-state index in [-0.39, 0.29) is 23.4 Å². The van der Waals surface area contributed by atoms with Crippen LogP contribution >= 0.6 is 27.5 Å². The van der Waals surface area contributed by atoms with Crippen molar-refractivity contribution < 1.29 is 18.0 Å². The highest BCUT2D eigenvalue weighted by Gasteiger charge is 2.33. The minimum absolute atomic E-state index is 0.0110. The molecule has 1 saturated carbocycles. The number of nitrogens with zero attached hydrogens (tertiary/aromatic N) is 2. The maximum absolute atomic E-state index is 14.1. The van der Waals surface area contributed by atoms with Crippen molar-refractivity contribution >= 4 is 55.1 Å². The van der Waals surface area contributed by atoms with E-state index in [1.165, 1.54) is 29.2 Å². The molecular formula is C31H35BrClN3O4S. The predicted octanol–water partition coefficient (Wildman–Crippen LogP) is 6.47. The lowest BCUT2D eigenvalue weighted by Crippen LogP contribution is -2.53. The van der Waals surface area contributed by atoms with E-state index >= 15 is 0 Å². The van der Waals surface area contributed by atoms with Gasteiger partial charge in [-0.15, -0.1) is 0 Å². The molecule has 0 aliphatic heterocycles. The summed E-state index contributed by atoms with van der Waals surface area (Å²) in [6.45, 7) is 3.25. The smallest absolute Gasteiger partial charge is 0.264 e. The standard InChI is InChI=1S/C31H35BrClN3O4S/c1-22-11-15-28(16-12-22)36(41(39,40)29-17-13-26(33)14-18-29)21-30(37)35(20-24-7-6-8-25(32)19-24)23(2)31(38)34-27-9-4-3-5-10-27/h6-8,11-19,23,27H,3-5,9-10,20-21H2,1-2H3,(H,34,38)/t23-/m1/s1. The van der Waals surface area contributed by atoms with Crippen molar-refractivity contribution in [2.45, 2.75) is 69.5 Å². The van der Waals surface area contributed by atoms with Crippen LogP contribution in [0.3, 0.4) is 0 Å². The van der Waals surface area contributed by atoms with Gasteiger partial charge < -0.3 is 10.2 Å². The van der Waals surface area contributed by atoms with Crippen LogP contribution < -0.4 is 9.62 Å². The first-order chi connectivity index (χ1) is 19.5. The molecule has 1 aliphatic rings. The number of carbonyl (C=O) groups is 2. The van der Waals surface area contributed by atoms with Gasteiger partial charge in [-0.05, 0) is 80.8 Å². The molecule has 0 unspecified atom stereocenters. The van der Waals surface area contributed by atoms with Crippen molar-refractivity contribution in [3.8, 4) is 0 Å². The van der Waals surface area contributed by atoms with Gasteiger partial charge in [0.05, 0.1) is 10.6 Å². The first-order valence-electron chi connectivity index (χ1n) is 13.7. The Hall–Kier alpha value is -2.88. The fourth-order valence-corrected chi connectivity index (χ4v) is 6.94. The molecular weight excluding hydrogens is 626 g/mol. The number of hydrogen-bond acceptors (Lipinski definition) is 4. The van der Waals surface area contributed by atoms with Crippen LogP contribution in [0.5, 0.6) is 0 Å². The van der Waals surface area contributed by atoms with Gasteiger partial charge in [-0.2, -0.15) is 0 Å². The molecule has 1 N–H and O–H groups in total. The van der Waals surface area contributed by atoms with Crippen LogP contribution in [0.2, 0.25) is 5.02 Å². The number of carbonyl (C=O) groups excluding carboxylic acids is 2. The number of hydrogen-bond donors (Lipinski definition) is 1. The molecule has 2 amide bonds. The highest BCUT2D eigenvalue weighted by Crippen LogP contribution is 2.26. The number of nitrogens with one attached hydrogen (secondary N) is 1. The zero-order valence-corrected chi connectivity index (χ0v) is 26.4. The van der Waals surface area contributed by atoms with Crippen molar-refractivity contribution in [3.05, 3.63) is 93.4 Å². The van der Waals surface area contributed by atoms with Crippen LogP contribution in [0, 0.1) is 6.92 Å². The second-order valence-corrected chi connectivity index (χ2v) is 13.7. The second-order valence-electron chi connectivity index (χ2n) is 10.5. The third-order valence-corrected chi connectivity index (χ3v) is 9.90. The van der Waals surface area contributed by atoms with E-state index in [1.54, 1.807) is 31.2 Å². The first-order valence-corrected chi connectivity index (χ1v) is 16.3. The summed E-state index contributed by atoms with van der Waals surface area (Å²) in [5, 5.41) is 3.52. The average Bonchev–Trinajstić information content (AvgIpc) is 2.95. The van der Waals surface area contributed by atoms with Gasteiger partial charge in [-0.1, -0.05) is 76.6 Å². The number of rotatable bonds is 10. The molecule has 7 nitrogen and oxygen atoms in total. The van der Waals surface area contributed by atoms with Crippen molar-refractivity contribution in [1.29, 1.82) is 0 Å². The molecule has 1 aliphatic carbocycles. The quantitative estimate of drug-likeness (QED) is 0.270. The van der Waals surface area contributed by atoms with E-state index in [1.807, 2.05) is 31.2 Å². The summed E-state index contributed by atoms with van der Waals surface area (Å²) in [7, 11) is -4.14. The van der Waals surface area contributed by atoms with E-state index in [0.29, 0.717) is 10.7 Å².